The van der Waals surface area contributed by atoms with Gasteiger partial charge in [0.05, 0.1) is 6.10 Å². The number of aliphatic hydroxyl groups excluding tert-OH is 1. The molecule has 0 aliphatic rings. The molecule has 1 aromatic rings. The van der Waals surface area contributed by atoms with Crippen molar-refractivity contribution in [2.24, 2.45) is 5.92 Å². The van der Waals surface area contributed by atoms with Gasteiger partial charge in [-0.25, -0.2) is 4.79 Å². The number of hydrogen-bond donors (Lipinski definition) is 3. The lowest BCUT2D eigenvalue weighted by Crippen LogP contribution is -2.55. The molecule has 28 heavy (non-hydrogen) atoms. The molecule has 1 unspecified atom stereocenters. The van der Waals surface area contributed by atoms with Crippen molar-refractivity contribution < 1.29 is 28.9 Å². The summed E-state index contributed by atoms with van der Waals surface area (Å²) in [6.07, 6.45) is -1.82. The molecule has 0 saturated heterocycles. The van der Waals surface area contributed by atoms with Gasteiger partial charge in [0.25, 0.3) is 0 Å². The summed E-state index contributed by atoms with van der Waals surface area (Å²) in [5, 5.41) is 15.5. The Morgan fingerprint density at radius 2 is 1.86 bits per heavy atom. The minimum atomic E-state index is -1.13. The number of ether oxygens (including phenoxy) is 3. The normalized spacial score (nSPS) is 14.2. The Hall–Kier alpha value is -2.16. The van der Waals surface area contributed by atoms with E-state index in [0.29, 0.717) is 13.0 Å². The lowest BCUT2D eigenvalue weighted by Gasteiger charge is -2.26. The van der Waals surface area contributed by atoms with E-state index in [0.717, 1.165) is 5.56 Å². The maximum Gasteiger partial charge on any atom is 0.408 e. The van der Waals surface area contributed by atoms with E-state index in [2.05, 4.69) is 10.6 Å². The molecule has 0 aromatic heterocycles. The third-order valence-corrected chi connectivity index (χ3v) is 4.09. The summed E-state index contributed by atoms with van der Waals surface area (Å²) in [5.41, 5.74) is 0.824. The fourth-order valence-electron chi connectivity index (χ4n) is 2.46. The molecule has 0 saturated carbocycles. The first kappa shape index (κ1) is 23.9. The van der Waals surface area contributed by atoms with Crippen molar-refractivity contribution in [3.8, 4) is 0 Å². The third-order valence-electron chi connectivity index (χ3n) is 4.09. The van der Waals surface area contributed by atoms with Crippen molar-refractivity contribution in [1.82, 2.24) is 10.6 Å². The van der Waals surface area contributed by atoms with E-state index in [-0.39, 0.29) is 19.1 Å². The van der Waals surface area contributed by atoms with Gasteiger partial charge in [-0.2, -0.15) is 0 Å². The quantitative estimate of drug-likeness (QED) is 0.465. The smallest absolute Gasteiger partial charge is 0.408 e. The fourth-order valence-corrected chi connectivity index (χ4v) is 2.46. The predicted molar refractivity (Wildman–Crippen MR) is 104 cm³/mol. The number of nitrogens with one attached hydrogen (secondary N) is 2. The van der Waals surface area contributed by atoms with Crippen molar-refractivity contribution in [2.75, 3.05) is 20.3 Å². The van der Waals surface area contributed by atoms with E-state index in [1.54, 1.807) is 13.8 Å². The first-order valence-electron chi connectivity index (χ1n) is 9.46. The van der Waals surface area contributed by atoms with Gasteiger partial charge in [0.2, 0.25) is 5.91 Å². The van der Waals surface area contributed by atoms with Crippen LogP contribution in [-0.4, -0.2) is 55.8 Å². The first-order chi connectivity index (χ1) is 13.4. The van der Waals surface area contributed by atoms with Gasteiger partial charge >= 0.3 is 6.09 Å². The summed E-state index contributed by atoms with van der Waals surface area (Å²) < 4.78 is 15.6. The van der Waals surface area contributed by atoms with Crippen LogP contribution in [0.5, 0.6) is 0 Å². The maximum atomic E-state index is 12.5. The molecule has 3 atom stereocenters. The molecule has 0 fully saturated rings. The number of amides is 2. The lowest BCUT2D eigenvalue weighted by atomic mass is 9.99. The predicted octanol–water partition coefficient (Wildman–Crippen LogP) is 1.81. The molecule has 0 bridgehead atoms. The molecule has 0 heterocycles. The molecular formula is C20H32N2O6. The summed E-state index contributed by atoms with van der Waals surface area (Å²) in [5.74, 6) is -0.732. The number of benzene rings is 1. The highest BCUT2D eigenvalue weighted by atomic mass is 16.7. The van der Waals surface area contributed by atoms with Crippen LogP contribution in [0.1, 0.15) is 32.8 Å². The Bertz CT molecular complexity index is 581. The highest BCUT2D eigenvalue weighted by Crippen LogP contribution is 2.08. The molecule has 0 spiro atoms. The number of hydrogen-bond acceptors (Lipinski definition) is 6. The lowest BCUT2D eigenvalue weighted by molar-refractivity contribution is -0.130. The van der Waals surface area contributed by atoms with Gasteiger partial charge in [-0.3, -0.25) is 4.79 Å². The number of alkyl carbamates (subject to hydrolysis) is 1. The molecular weight excluding hydrogens is 364 g/mol. The second-order valence-corrected chi connectivity index (χ2v) is 6.62. The Kier molecular flexibility index (Phi) is 11.2. The number of rotatable bonds is 12. The Morgan fingerprint density at radius 3 is 2.43 bits per heavy atom. The average molecular weight is 396 g/mol. The monoisotopic (exact) mass is 396 g/mol. The van der Waals surface area contributed by atoms with Crippen molar-refractivity contribution in [2.45, 2.75) is 52.2 Å². The van der Waals surface area contributed by atoms with E-state index < -0.39 is 30.4 Å². The van der Waals surface area contributed by atoms with E-state index in [1.165, 1.54) is 7.11 Å². The van der Waals surface area contributed by atoms with Gasteiger partial charge in [-0.05, 0) is 18.4 Å². The highest BCUT2D eigenvalue weighted by Gasteiger charge is 2.31. The van der Waals surface area contributed by atoms with Gasteiger partial charge in [-0.15, -0.1) is 0 Å². The molecule has 0 aliphatic carbocycles. The third kappa shape index (κ3) is 8.69. The molecule has 158 valence electrons. The maximum absolute atomic E-state index is 12.5. The van der Waals surface area contributed by atoms with E-state index >= 15 is 0 Å². The second kappa shape index (κ2) is 13.1. The zero-order valence-electron chi connectivity index (χ0n) is 17.0. The molecule has 8 heteroatoms. The number of carbonyl (C=O) groups excluding carboxylic acids is 2. The van der Waals surface area contributed by atoms with Gasteiger partial charge < -0.3 is 30.0 Å². The molecule has 2 amide bonds. The second-order valence-electron chi connectivity index (χ2n) is 6.62. The highest BCUT2D eigenvalue weighted by molar-refractivity contribution is 5.86. The van der Waals surface area contributed by atoms with Crippen LogP contribution in [0.3, 0.4) is 0 Å². The van der Waals surface area contributed by atoms with E-state index in [9.17, 15) is 14.7 Å². The number of carbonyl (C=O) groups is 2. The summed E-state index contributed by atoms with van der Waals surface area (Å²) in [7, 11) is 1.53. The zero-order valence-corrected chi connectivity index (χ0v) is 17.0. The van der Waals surface area contributed by atoms with Crippen molar-refractivity contribution in [3.05, 3.63) is 35.9 Å². The largest absolute Gasteiger partial charge is 0.445 e. The molecule has 0 radical (unpaired) electrons. The Balaban J connectivity index is 2.58. The first-order valence-corrected chi connectivity index (χ1v) is 9.46. The van der Waals surface area contributed by atoms with Crippen LogP contribution in [0, 0.1) is 5.92 Å². The van der Waals surface area contributed by atoms with Crippen LogP contribution >= 0.6 is 0 Å². The molecule has 8 nitrogen and oxygen atoms in total. The van der Waals surface area contributed by atoms with Gasteiger partial charge in [0, 0.05) is 26.7 Å². The number of methoxy groups -OCH3 is 1. The van der Waals surface area contributed by atoms with Crippen molar-refractivity contribution in [3.63, 3.8) is 0 Å². The van der Waals surface area contributed by atoms with Crippen LogP contribution in [-0.2, 0) is 25.6 Å². The van der Waals surface area contributed by atoms with Gasteiger partial charge in [-0.1, -0.05) is 44.2 Å². The van der Waals surface area contributed by atoms with Crippen molar-refractivity contribution in [1.29, 1.82) is 0 Å². The fraction of sp³-hybridized carbons (Fsp3) is 0.600. The summed E-state index contributed by atoms with van der Waals surface area (Å²) in [6, 6.07) is 8.06. The standard InChI is InChI=1S/C20H32N2O6/c1-5-27-16(26-4)11-12-21-19(24)17(18(23)14(2)3)22-20(25)28-13-15-9-7-6-8-10-15/h6-10,14,16-18,23H,5,11-13H2,1-4H3,(H,21,24)(H,22,25)/t16?,17-,18-/m0/s1. The molecule has 3 N–H and O–H groups in total. The molecule has 1 aromatic carbocycles. The molecule has 1 rings (SSSR count). The van der Waals surface area contributed by atoms with Crippen LogP contribution in [0.25, 0.3) is 0 Å². The summed E-state index contributed by atoms with van der Waals surface area (Å²) in [6.45, 7) is 6.22. The van der Waals surface area contributed by atoms with Crippen molar-refractivity contribution >= 4 is 12.0 Å². The van der Waals surface area contributed by atoms with Crippen LogP contribution < -0.4 is 10.6 Å². The minimum absolute atomic E-state index is 0.0721. The van der Waals surface area contributed by atoms with E-state index in [1.807, 2.05) is 37.3 Å². The average Bonchev–Trinajstić information content (AvgIpc) is 2.69. The Morgan fingerprint density at radius 1 is 1.18 bits per heavy atom. The van der Waals surface area contributed by atoms with Crippen LogP contribution in [0.2, 0.25) is 0 Å². The van der Waals surface area contributed by atoms with E-state index in [4.69, 9.17) is 14.2 Å². The zero-order chi connectivity index (χ0) is 20.9. The number of aliphatic hydroxyl groups is 1. The molecule has 0 aliphatic heterocycles. The van der Waals surface area contributed by atoms with Crippen LogP contribution in [0.15, 0.2) is 30.3 Å². The van der Waals surface area contributed by atoms with Gasteiger partial charge in [0.1, 0.15) is 12.6 Å². The summed E-state index contributed by atoms with van der Waals surface area (Å²) >= 11 is 0. The minimum Gasteiger partial charge on any atom is -0.445 e. The Labute approximate surface area is 166 Å². The van der Waals surface area contributed by atoms with Crippen LogP contribution in [0.4, 0.5) is 4.79 Å². The topological polar surface area (TPSA) is 106 Å². The SMILES string of the molecule is CCOC(CCNC(=O)[C@@H](NC(=O)OCc1ccccc1)[C@@H](O)C(C)C)OC. The summed E-state index contributed by atoms with van der Waals surface area (Å²) in [4.78, 5) is 24.6. The van der Waals surface area contributed by atoms with Gasteiger partial charge in [0.15, 0.2) is 6.29 Å².